The number of hydrogen-bond donors (Lipinski definition) is 1. The lowest BCUT2D eigenvalue weighted by Crippen LogP contribution is -2.33. The van der Waals surface area contributed by atoms with Crippen LogP contribution in [0.2, 0.25) is 0 Å². The lowest BCUT2D eigenvalue weighted by atomic mass is 10.2. The molecule has 0 aromatic heterocycles. The van der Waals surface area contributed by atoms with Crippen molar-refractivity contribution < 1.29 is 14.5 Å². The highest BCUT2D eigenvalue weighted by atomic mass is 16.6. The second-order valence-corrected chi connectivity index (χ2v) is 5.04. The Labute approximate surface area is 144 Å². The zero-order valence-corrected chi connectivity index (χ0v) is 13.5. The van der Waals surface area contributed by atoms with Crippen LogP contribution in [0.25, 0.3) is 6.08 Å². The molecule has 7 heteroatoms. The first kappa shape index (κ1) is 17.9. The standard InChI is InChI=1S/C18H17N3O4/c1-14(25-17-11-9-16(10-12-17)21(23)24)18(22)20-19-13-5-8-15-6-3-2-4-7-15/h2-14H,1H3,(H,20,22)/b8-5+,19-13-/t14-/m0/s1. The second kappa shape index (κ2) is 8.97. The van der Waals surface area contributed by atoms with Crippen LogP contribution in [0.1, 0.15) is 12.5 Å². The Bertz CT molecular complexity index is 771. The first-order valence-corrected chi connectivity index (χ1v) is 7.52. The quantitative estimate of drug-likeness (QED) is 0.476. The number of non-ortho nitro benzene ring substituents is 1. The van der Waals surface area contributed by atoms with E-state index in [4.69, 9.17) is 4.74 Å². The summed E-state index contributed by atoms with van der Waals surface area (Å²) in [5, 5.41) is 14.4. The highest BCUT2D eigenvalue weighted by Crippen LogP contribution is 2.18. The predicted octanol–water partition coefficient (Wildman–Crippen LogP) is 3.18. The maximum atomic E-state index is 11.9. The molecule has 0 aliphatic heterocycles. The molecule has 1 atom stereocenters. The van der Waals surface area contributed by atoms with Crippen LogP contribution < -0.4 is 10.2 Å². The number of nitrogens with zero attached hydrogens (tertiary/aromatic N) is 2. The van der Waals surface area contributed by atoms with E-state index in [1.54, 1.807) is 13.0 Å². The van der Waals surface area contributed by atoms with Gasteiger partial charge in [0.25, 0.3) is 11.6 Å². The van der Waals surface area contributed by atoms with Crippen LogP contribution in [0.15, 0.2) is 65.8 Å². The van der Waals surface area contributed by atoms with Gasteiger partial charge < -0.3 is 4.74 Å². The normalized spacial score (nSPS) is 12.2. The smallest absolute Gasteiger partial charge is 0.280 e. The van der Waals surface area contributed by atoms with Crippen molar-refractivity contribution in [2.75, 3.05) is 0 Å². The molecule has 0 aliphatic rings. The van der Waals surface area contributed by atoms with Crippen LogP contribution in [0.4, 0.5) is 5.69 Å². The Morgan fingerprint density at radius 1 is 1.20 bits per heavy atom. The predicted molar refractivity (Wildman–Crippen MR) is 95.3 cm³/mol. The van der Waals surface area contributed by atoms with Crippen molar-refractivity contribution in [3.05, 3.63) is 76.4 Å². The van der Waals surface area contributed by atoms with Gasteiger partial charge in [-0.25, -0.2) is 5.43 Å². The maximum Gasteiger partial charge on any atom is 0.280 e. The van der Waals surface area contributed by atoms with Crippen molar-refractivity contribution in [2.45, 2.75) is 13.0 Å². The summed E-state index contributed by atoms with van der Waals surface area (Å²) in [5.74, 6) is -0.0658. The number of hydrazone groups is 1. The van der Waals surface area contributed by atoms with Gasteiger partial charge in [-0.15, -0.1) is 0 Å². The van der Waals surface area contributed by atoms with Crippen LogP contribution in [-0.4, -0.2) is 23.1 Å². The third kappa shape index (κ3) is 5.91. The van der Waals surface area contributed by atoms with Gasteiger partial charge in [-0.3, -0.25) is 14.9 Å². The van der Waals surface area contributed by atoms with E-state index in [2.05, 4.69) is 10.5 Å². The number of allylic oxidation sites excluding steroid dienone is 1. The first-order valence-electron chi connectivity index (χ1n) is 7.52. The largest absolute Gasteiger partial charge is 0.481 e. The molecule has 0 bridgehead atoms. The number of nitro benzene ring substituents is 1. The summed E-state index contributed by atoms with van der Waals surface area (Å²) in [6, 6.07) is 15.2. The Balaban J connectivity index is 1.80. The molecule has 1 amide bonds. The number of amides is 1. The zero-order valence-electron chi connectivity index (χ0n) is 13.5. The van der Waals surface area contributed by atoms with Gasteiger partial charge >= 0.3 is 0 Å². The summed E-state index contributed by atoms with van der Waals surface area (Å²) in [6.07, 6.45) is 4.23. The van der Waals surface area contributed by atoms with Crippen molar-refractivity contribution >= 4 is 23.9 Å². The summed E-state index contributed by atoms with van der Waals surface area (Å²) in [5.41, 5.74) is 3.35. The van der Waals surface area contributed by atoms with Gasteiger partial charge in [0.05, 0.1) is 4.92 Å². The molecule has 0 spiro atoms. The minimum atomic E-state index is -0.795. The number of nitrogens with one attached hydrogen (secondary N) is 1. The minimum Gasteiger partial charge on any atom is -0.481 e. The fraction of sp³-hybridized carbons (Fsp3) is 0.111. The Morgan fingerprint density at radius 2 is 1.88 bits per heavy atom. The molecule has 0 heterocycles. The van der Waals surface area contributed by atoms with E-state index < -0.39 is 16.9 Å². The molecule has 0 aliphatic carbocycles. The van der Waals surface area contributed by atoms with Crippen LogP contribution >= 0.6 is 0 Å². The fourth-order valence-electron chi connectivity index (χ4n) is 1.86. The zero-order chi connectivity index (χ0) is 18.1. The van der Waals surface area contributed by atoms with Crippen molar-refractivity contribution in [3.63, 3.8) is 0 Å². The van der Waals surface area contributed by atoms with Crippen LogP contribution in [-0.2, 0) is 4.79 Å². The molecule has 0 radical (unpaired) electrons. The van der Waals surface area contributed by atoms with Gasteiger partial charge in [-0.05, 0) is 30.7 Å². The molecular weight excluding hydrogens is 322 g/mol. The molecule has 0 saturated heterocycles. The highest BCUT2D eigenvalue weighted by molar-refractivity contribution is 5.83. The number of carbonyl (C=O) groups is 1. The molecule has 0 fully saturated rings. The average Bonchev–Trinajstić information content (AvgIpc) is 2.62. The van der Waals surface area contributed by atoms with E-state index >= 15 is 0 Å². The summed E-state index contributed by atoms with van der Waals surface area (Å²) in [4.78, 5) is 22.0. The third-order valence-corrected chi connectivity index (χ3v) is 3.15. The van der Waals surface area contributed by atoms with Gasteiger partial charge in [0, 0.05) is 18.3 Å². The molecule has 2 rings (SSSR count). The van der Waals surface area contributed by atoms with Crippen molar-refractivity contribution in [1.29, 1.82) is 0 Å². The van der Waals surface area contributed by atoms with E-state index in [1.807, 2.05) is 36.4 Å². The van der Waals surface area contributed by atoms with Gasteiger partial charge in [0.2, 0.25) is 0 Å². The topological polar surface area (TPSA) is 93.8 Å². The van der Waals surface area contributed by atoms with Crippen LogP contribution in [0.3, 0.4) is 0 Å². The number of ether oxygens (including phenoxy) is 1. The van der Waals surface area contributed by atoms with Crippen LogP contribution in [0.5, 0.6) is 5.75 Å². The lowest BCUT2D eigenvalue weighted by molar-refractivity contribution is -0.384. The maximum absolute atomic E-state index is 11.9. The summed E-state index contributed by atoms with van der Waals surface area (Å²) in [6.45, 7) is 1.56. The molecule has 1 N–H and O–H groups in total. The number of benzene rings is 2. The fourth-order valence-corrected chi connectivity index (χ4v) is 1.86. The monoisotopic (exact) mass is 339 g/mol. The van der Waals surface area contributed by atoms with E-state index in [1.165, 1.54) is 30.5 Å². The first-order chi connectivity index (χ1) is 12.1. The molecule has 25 heavy (non-hydrogen) atoms. The number of rotatable bonds is 7. The summed E-state index contributed by atoms with van der Waals surface area (Å²) < 4.78 is 5.41. The number of nitro groups is 1. The Hall–Kier alpha value is -3.48. The molecular formula is C18H17N3O4. The third-order valence-electron chi connectivity index (χ3n) is 3.15. The van der Waals surface area contributed by atoms with Crippen LogP contribution in [0, 0.1) is 10.1 Å². The Morgan fingerprint density at radius 3 is 2.52 bits per heavy atom. The second-order valence-electron chi connectivity index (χ2n) is 5.04. The van der Waals surface area contributed by atoms with Crippen molar-refractivity contribution in [2.24, 2.45) is 5.10 Å². The molecule has 7 nitrogen and oxygen atoms in total. The van der Waals surface area contributed by atoms with Gasteiger partial charge in [-0.2, -0.15) is 5.10 Å². The molecule has 128 valence electrons. The van der Waals surface area contributed by atoms with Gasteiger partial charge in [0.15, 0.2) is 6.10 Å². The highest BCUT2D eigenvalue weighted by Gasteiger charge is 2.14. The van der Waals surface area contributed by atoms with E-state index in [-0.39, 0.29) is 5.69 Å². The van der Waals surface area contributed by atoms with E-state index in [0.29, 0.717) is 5.75 Å². The van der Waals surface area contributed by atoms with Crippen molar-refractivity contribution in [1.82, 2.24) is 5.43 Å². The Kier molecular flexibility index (Phi) is 6.41. The molecule has 2 aromatic carbocycles. The summed E-state index contributed by atoms with van der Waals surface area (Å²) in [7, 11) is 0. The van der Waals surface area contributed by atoms with Gasteiger partial charge in [-0.1, -0.05) is 36.4 Å². The van der Waals surface area contributed by atoms with Gasteiger partial charge in [0.1, 0.15) is 5.75 Å². The molecule has 0 unspecified atom stereocenters. The molecule has 0 saturated carbocycles. The molecule has 2 aromatic rings. The minimum absolute atomic E-state index is 0.0424. The van der Waals surface area contributed by atoms with E-state index in [9.17, 15) is 14.9 Å². The lowest BCUT2D eigenvalue weighted by Gasteiger charge is -2.12. The number of carbonyl (C=O) groups excluding carboxylic acids is 1. The average molecular weight is 339 g/mol. The SMILES string of the molecule is C[C@H](Oc1ccc([N+](=O)[O-])cc1)C(=O)N/N=C\C=C\c1ccccc1. The summed E-state index contributed by atoms with van der Waals surface area (Å²) >= 11 is 0. The van der Waals surface area contributed by atoms with Crippen molar-refractivity contribution in [3.8, 4) is 5.75 Å². The van der Waals surface area contributed by atoms with E-state index in [0.717, 1.165) is 5.56 Å². The number of hydrogen-bond acceptors (Lipinski definition) is 5.